The van der Waals surface area contributed by atoms with Crippen molar-refractivity contribution in [3.63, 3.8) is 0 Å². The van der Waals surface area contributed by atoms with Crippen molar-refractivity contribution in [3.8, 4) is 5.88 Å². The van der Waals surface area contributed by atoms with Crippen LogP contribution in [0.5, 0.6) is 5.88 Å². The van der Waals surface area contributed by atoms with Crippen LogP contribution in [-0.2, 0) is 6.42 Å². The lowest BCUT2D eigenvalue weighted by Gasteiger charge is -2.08. The standard InChI is InChI=1S/C17H27NO3/c1-3-5-6-7-8-9-11-21-16-13-14(17(19)20)12-15(18-16)10-4-2/h12-13H,3-11H2,1-2H3,(H,19,20). The summed E-state index contributed by atoms with van der Waals surface area (Å²) in [6.45, 7) is 4.86. The normalized spacial score (nSPS) is 10.6. The molecule has 0 aromatic carbocycles. The highest BCUT2D eigenvalue weighted by molar-refractivity contribution is 5.88. The van der Waals surface area contributed by atoms with Gasteiger partial charge in [-0.25, -0.2) is 9.78 Å². The minimum Gasteiger partial charge on any atom is -0.478 e. The minimum atomic E-state index is -0.931. The third kappa shape index (κ3) is 7.11. The minimum absolute atomic E-state index is 0.256. The molecule has 1 rings (SSSR count). The van der Waals surface area contributed by atoms with Crippen LogP contribution in [0.3, 0.4) is 0 Å². The zero-order valence-corrected chi connectivity index (χ0v) is 13.2. The fourth-order valence-corrected chi connectivity index (χ4v) is 2.20. The number of aromatic nitrogens is 1. The highest BCUT2D eigenvalue weighted by atomic mass is 16.5. The molecule has 21 heavy (non-hydrogen) atoms. The van der Waals surface area contributed by atoms with E-state index in [1.54, 1.807) is 6.07 Å². The molecule has 0 bridgehead atoms. The summed E-state index contributed by atoms with van der Waals surface area (Å²) in [5, 5.41) is 9.11. The van der Waals surface area contributed by atoms with Crippen molar-refractivity contribution in [3.05, 3.63) is 23.4 Å². The molecule has 1 aromatic heterocycles. The first kappa shape index (κ1) is 17.5. The Morgan fingerprint density at radius 2 is 1.81 bits per heavy atom. The Kier molecular flexibility index (Phi) is 8.48. The Balaban J connectivity index is 2.44. The van der Waals surface area contributed by atoms with E-state index in [-0.39, 0.29) is 5.56 Å². The molecule has 0 fully saturated rings. The van der Waals surface area contributed by atoms with Crippen molar-refractivity contribution in [1.82, 2.24) is 4.98 Å². The first-order chi connectivity index (χ1) is 10.2. The van der Waals surface area contributed by atoms with Gasteiger partial charge in [-0.05, 0) is 18.9 Å². The number of nitrogens with zero attached hydrogens (tertiary/aromatic N) is 1. The molecule has 0 spiro atoms. The second-order valence-corrected chi connectivity index (χ2v) is 5.36. The molecule has 4 heteroatoms. The summed E-state index contributed by atoms with van der Waals surface area (Å²) < 4.78 is 5.62. The molecule has 0 aliphatic carbocycles. The summed E-state index contributed by atoms with van der Waals surface area (Å²) in [5.74, 6) is -0.494. The summed E-state index contributed by atoms with van der Waals surface area (Å²) in [5.41, 5.74) is 1.04. The summed E-state index contributed by atoms with van der Waals surface area (Å²) in [6.07, 6.45) is 8.92. The Morgan fingerprint density at radius 3 is 2.48 bits per heavy atom. The number of unbranched alkanes of at least 4 members (excludes halogenated alkanes) is 5. The number of pyridine rings is 1. The van der Waals surface area contributed by atoms with Crippen LogP contribution in [0.4, 0.5) is 0 Å². The topological polar surface area (TPSA) is 59.4 Å². The molecule has 0 radical (unpaired) electrons. The maximum atomic E-state index is 11.1. The number of rotatable bonds is 11. The Hall–Kier alpha value is -1.58. The van der Waals surface area contributed by atoms with Gasteiger partial charge in [-0.1, -0.05) is 52.4 Å². The first-order valence-corrected chi connectivity index (χ1v) is 8.04. The number of carboxylic acids is 1. The molecule has 0 aliphatic heterocycles. The highest BCUT2D eigenvalue weighted by Gasteiger charge is 2.09. The highest BCUT2D eigenvalue weighted by Crippen LogP contribution is 2.15. The number of carbonyl (C=O) groups is 1. The predicted octanol–water partition coefficient (Wildman–Crippen LogP) is 4.47. The molecule has 118 valence electrons. The lowest BCUT2D eigenvalue weighted by atomic mass is 10.1. The van der Waals surface area contributed by atoms with Gasteiger partial charge in [0.25, 0.3) is 0 Å². The van der Waals surface area contributed by atoms with E-state index in [9.17, 15) is 4.79 Å². The fraction of sp³-hybridized carbons (Fsp3) is 0.647. The van der Waals surface area contributed by atoms with Gasteiger partial charge in [0.15, 0.2) is 0 Å². The van der Waals surface area contributed by atoms with Crippen LogP contribution in [0.15, 0.2) is 12.1 Å². The fourth-order valence-electron chi connectivity index (χ4n) is 2.20. The van der Waals surface area contributed by atoms with E-state index >= 15 is 0 Å². The second-order valence-electron chi connectivity index (χ2n) is 5.36. The van der Waals surface area contributed by atoms with Gasteiger partial charge in [-0.15, -0.1) is 0 Å². The Morgan fingerprint density at radius 1 is 1.10 bits per heavy atom. The van der Waals surface area contributed by atoms with Crippen LogP contribution >= 0.6 is 0 Å². The van der Waals surface area contributed by atoms with Gasteiger partial charge in [0.1, 0.15) is 0 Å². The zero-order valence-electron chi connectivity index (χ0n) is 13.2. The van der Waals surface area contributed by atoms with Gasteiger partial charge in [0, 0.05) is 11.8 Å². The van der Waals surface area contributed by atoms with Crippen LogP contribution < -0.4 is 4.74 Å². The number of hydrogen-bond acceptors (Lipinski definition) is 3. The third-order valence-corrected chi connectivity index (χ3v) is 3.36. The summed E-state index contributed by atoms with van der Waals surface area (Å²) in [4.78, 5) is 15.5. The van der Waals surface area contributed by atoms with Crippen molar-refractivity contribution in [2.24, 2.45) is 0 Å². The molecule has 1 heterocycles. The average molecular weight is 293 g/mol. The lowest BCUT2D eigenvalue weighted by Crippen LogP contribution is -2.05. The molecule has 0 saturated heterocycles. The van der Waals surface area contributed by atoms with E-state index in [4.69, 9.17) is 9.84 Å². The molecule has 4 nitrogen and oxygen atoms in total. The molecule has 1 N–H and O–H groups in total. The van der Waals surface area contributed by atoms with Gasteiger partial charge >= 0.3 is 5.97 Å². The van der Waals surface area contributed by atoms with Crippen LogP contribution in [0, 0.1) is 0 Å². The van der Waals surface area contributed by atoms with Crippen LogP contribution in [-0.4, -0.2) is 22.7 Å². The number of aryl methyl sites for hydroxylation is 1. The quantitative estimate of drug-likeness (QED) is 0.611. The Labute approximate surface area is 127 Å². The molecule has 0 saturated carbocycles. The van der Waals surface area contributed by atoms with E-state index in [1.807, 2.05) is 6.92 Å². The summed E-state index contributed by atoms with van der Waals surface area (Å²) in [6, 6.07) is 3.14. The van der Waals surface area contributed by atoms with Gasteiger partial charge in [0.2, 0.25) is 5.88 Å². The van der Waals surface area contributed by atoms with Gasteiger partial charge in [-0.2, -0.15) is 0 Å². The average Bonchev–Trinajstić information content (AvgIpc) is 2.46. The van der Waals surface area contributed by atoms with E-state index in [1.165, 1.54) is 31.7 Å². The molecule has 0 unspecified atom stereocenters. The van der Waals surface area contributed by atoms with Crippen molar-refractivity contribution in [2.45, 2.75) is 65.2 Å². The first-order valence-electron chi connectivity index (χ1n) is 8.04. The number of ether oxygens (including phenoxy) is 1. The van der Waals surface area contributed by atoms with E-state index in [2.05, 4.69) is 11.9 Å². The summed E-state index contributed by atoms with van der Waals surface area (Å²) in [7, 11) is 0. The predicted molar refractivity (Wildman–Crippen MR) is 84.1 cm³/mol. The maximum Gasteiger partial charge on any atom is 0.335 e. The second kappa shape index (κ2) is 10.2. The molecule has 0 aliphatic rings. The smallest absolute Gasteiger partial charge is 0.335 e. The largest absolute Gasteiger partial charge is 0.478 e. The van der Waals surface area contributed by atoms with Gasteiger partial charge < -0.3 is 9.84 Å². The van der Waals surface area contributed by atoms with E-state index in [0.717, 1.165) is 31.4 Å². The molecular formula is C17H27NO3. The van der Waals surface area contributed by atoms with Gasteiger partial charge in [-0.3, -0.25) is 0 Å². The van der Waals surface area contributed by atoms with E-state index < -0.39 is 5.97 Å². The zero-order chi connectivity index (χ0) is 15.5. The number of carboxylic acid groups (broad SMARTS) is 1. The number of aromatic carboxylic acids is 1. The lowest BCUT2D eigenvalue weighted by molar-refractivity contribution is 0.0696. The maximum absolute atomic E-state index is 11.1. The molecule has 0 amide bonds. The van der Waals surface area contributed by atoms with Crippen molar-refractivity contribution in [1.29, 1.82) is 0 Å². The molecule has 1 aromatic rings. The van der Waals surface area contributed by atoms with Crippen molar-refractivity contribution in [2.75, 3.05) is 6.61 Å². The van der Waals surface area contributed by atoms with Crippen LogP contribution in [0.2, 0.25) is 0 Å². The monoisotopic (exact) mass is 293 g/mol. The number of hydrogen-bond donors (Lipinski definition) is 1. The Bertz CT molecular complexity index is 432. The van der Waals surface area contributed by atoms with Gasteiger partial charge in [0.05, 0.1) is 12.2 Å². The van der Waals surface area contributed by atoms with Crippen LogP contribution in [0.25, 0.3) is 0 Å². The molecular weight excluding hydrogens is 266 g/mol. The van der Waals surface area contributed by atoms with Crippen LogP contribution in [0.1, 0.15) is 74.8 Å². The summed E-state index contributed by atoms with van der Waals surface area (Å²) >= 11 is 0. The molecule has 0 atom stereocenters. The van der Waals surface area contributed by atoms with E-state index in [0.29, 0.717) is 12.5 Å². The van der Waals surface area contributed by atoms with Crippen molar-refractivity contribution >= 4 is 5.97 Å². The SMILES string of the molecule is CCCCCCCCOc1cc(C(=O)O)cc(CCC)n1. The van der Waals surface area contributed by atoms with Crippen molar-refractivity contribution < 1.29 is 14.6 Å². The third-order valence-electron chi connectivity index (χ3n) is 3.36.